The molecule has 1 aromatic carbocycles. The van der Waals surface area contributed by atoms with Crippen LogP contribution < -0.4 is 5.32 Å². The van der Waals surface area contributed by atoms with Crippen LogP contribution >= 0.6 is 43.6 Å². The molecule has 1 fully saturated rings. The van der Waals surface area contributed by atoms with Crippen molar-refractivity contribution in [3.8, 4) is 0 Å². The van der Waals surface area contributed by atoms with Gasteiger partial charge in [0.25, 0.3) is 5.91 Å². The van der Waals surface area contributed by atoms with Crippen molar-refractivity contribution < 1.29 is 9.21 Å². The Balaban J connectivity index is 1.86. The summed E-state index contributed by atoms with van der Waals surface area (Å²) in [5.74, 6) is 0.412. The van der Waals surface area contributed by atoms with Crippen LogP contribution in [-0.2, 0) is 4.79 Å². The number of aryl methyl sites for hydroxylation is 1. The van der Waals surface area contributed by atoms with E-state index in [-0.39, 0.29) is 5.91 Å². The van der Waals surface area contributed by atoms with Crippen LogP contribution in [0.2, 0.25) is 0 Å². The van der Waals surface area contributed by atoms with Crippen LogP contribution in [0.25, 0.3) is 6.08 Å². The Morgan fingerprint density at radius 1 is 1.32 bits per heavy atom. The molecule has 2 heterocycles. The van der Waals surface area contributed by atoms with E-state index in [0.717, 1.165) is 15.7 Å². The maximum absolute atomic E-state index is 12.0. The van der Waals surface area contributed by atoms with Gasteiger partial charge in [-0.3, -0.25) is 4.79 Å². The van der Waals surface area contributed by atoms with Gasteiger partial charge in [0, 0.05) is 6.08 Å². The molecule has 2 aromatic rings. The lowest BCUT2D eigenvalue weighted by molar-refractivity contribution is -0.115. The number of aliphatic imine (C=N–C) groups is 1. The summed E-state index contributed by atoms with van der Waals surface area (Å²) in [6.07, 6.45) is 1.69. The third-order valence-corrected chi connectivity index (χ3v) is 5.55. The second kappa shape index (κ2) is 6.44. The van der Waals surface area contributed by atoms with Crippen molar-refractivity contribution in [2.75, 3.05) is 0 Å². The largest absolute Gasteiger partial charge is 0.449 e. The molecule has 0 unspecified atom stereocenters. The van der Waals surface area contributed by atoms with E-state index >= 15 is 0 Å². The Morgan fingerprint density at radius 3 is 2.77 bits per heavy atom. The van der Waals surface area contributed by atoms with Gasteiger partial charge in [-0.1, -0.05) is 18.2 Å². The molecule has 0 radical (unpaired) electrons. The third kappa shape index (κ3) is 3.37. The molecule has 1 amide bonds. The molecule has 1 saturated heterocycles. The minimum Gasteiger partial charge on any atom is -0.449 e. The number of amides is 1. The number of carbonyl (C=O) groups excluding carboxylic acids is 1. The molecule has 0 spiro atoms. The number of nitrogens with one attached hydrogen (secondary N) is 1. The maximum atomic E-state index is 12.0. The van der Waals surface area contributed by atoms with Gasteiger partial charge in [-0.2, -0.15) is 0 Å². The average Bonchev–Trinajstić information content (AvgIpc) is 2.96. The predicted octanol–water partition coefficient (Wildman–Crippen LogP) is 5.00. The summed E-state index contributed by atoms with van der Waals surface area (Å²) in [5, 5.41) is 3.33. The molecule has 1 aliphatic heterocycles. The highest BCUT2D eigenvalue weighted by atomic mass is 79.9. The summed E-state index contributed by atoms with van der Waals surface area (Å²) in [6, 6.07) is 9.56. The SMILES string of the molecule is Cc1ccccc1N=C1NC(=O)/C(=C/c2cc(Br)c(Br)o2)S1. The van der Waals surface area contributed by atoms with Crippen LogP contribution in [0.1, 0.15) is 11.3 Å². The quantitative estimate of drug-likeness (QED) is 0.666. The Hall–Kier alpha value is -1.31. The molecule has 112 valence electrons. The fraction of sp³-hybridized carbons (Fsp3) is 0.0667. The monoisotopic (exact) mass is 440 g/mol. The van der Waals surface area contributed by atoms with Gasteiger partial charge in [0.05, 0.1) is 15.1 Å². The highest BCUT2D eigenvalue weighted by molar-refractivity contribution is 9.13. The zero-order valence-corrected chi connectivity index (χ0v) is 15.4. The predicted molar refractivity (Wildman–Crippen MR) is 96.1 cm³/mol. The second-order valence-electron chi connectivity index (χ2n) is 4.54. The first-order valence-electron chi connectivity index (χ1n) is 6.33. The van der Waals surface area contributed by atoms with Crippen LogP contribution in [0.5, 0.6) is 0 Å². The van der Waals surface area contributed by atoms with E-state index < -0.39 is 0 Å². The van der Waals surface area contributed by atoms with Gasteiger partial charge in [0.1, 0.15) is 5.76 Å². The number of thioether (sulfide) groups is 1. The van der Waals surface area contributed by atoms with E-state index in [1.165, 1.54) is 11.8 Å². The van der Waals surface area contributed by atoms with Gasteiger partial charge in [-0.25, -0.2) is 4.99 Å². The van der Waals surface area contributed by atoms with Gasteiger partial charge >= 0.3 is 0 Å². The van der Waals surface area contributed by atoms with E-state index in [9.17, 15) is 4.79 Å². The molecule has 1 N–H and O–H groups in total. The molecule has 1 aromatic heterocycles. The van der Waals surface area contributed by atoms with Crippen molar-refractivity contribution >= 4 is 66.5 Å². The van der Waals surface area contributed by atoms with E-state index in [2.05, 4.69) is 42.2 Å². The summed E-state index contributed by atoms with van der Waals surface area (Å²) in [6.45, 7) is 1.98. The number of benzene rings is 1. The molecule has 0 bridgehead atoms. The summed E-state index contributed by atoms with van der Waals surface area (Å²) < 4.78 is 6.85. The molecule has 0 aliphatic carbocycles. The van der Waals surface area contributed by atoms with Gasteiger partial charge in [0.2, 0.25) is 0 Å². The van der Waals surface area contributed by atoms with Gasteiger partial charge in [0.15, 0.2) is 9.84 Å². The van der Waals surface area contributed by atoms with E-state index in [1.807, 2.05) is 31.2 Å². The molecule has 0 atom stereocenters. The normalized spacial score (nSPS) is 18.2. The first-order valence-corrected chi connectivity index (χ1v) is 8.73. The van der Waals surface area contributed by atoms with E-state index in [4.69, 9.17) is 4.42 Å². The Bertz CT molecular complexity index is 792. The fourth-order valence-corrected chi connectivity index (χ4v) is 3.27. The molecular weight excluding hydrogens is 432 g/mol. The molecule has 22 heavy (non-hydrogen) atoms. The molecule has 7 heteroatoms. The minimum absolute atomic E-state index is 0.180. The number of amidine groups is 1. The third-order valence-electron chi connectivity index (χ3n) is 2.93. The standard InChI is InChI=1S/C15H10Br2N2O2S/c1-8-4-2-3-5-11(8)18-15-19-14(20)12(22-15)7-9-6-10(16)13(17)21-9/h2-7H,1H3,(H,18,19,20)/b12-7-. The number of hydrogen-bond acceptors (Lipinski definition) is 4. The van der Waals surface area contributed by atoms with Crippen molar-refractivity contribution in [1.29, 1.82) is 0 Å². The summed E-state index contributed by atoms with van der Waals surface area (Å²) in [4.78, 5) is 17.0. The topological polar surface area (TPSA) is 54.6 Å². The van der Waals surface area contributed by atoms with Crippen molar-refractivity contribution in [2.45, 2.75) is 6.92 Å². The smallest absolute Gasteiger partial charge is 0.264 e. The number of rotatable bonds is 2. The van der Waals surface area contributed by atoms with Crippen LogP contribution in [0.4, 0.5) is 5.69 Å². The van der Waals surface area contributed by atoms with Crippen LogP contribution in [-0.4, -0.2) is 11.1 Å². The number of nitrogens with zero attached hydrogens (tertiary/aromatic N) is 1. The first-order chi connectivity index (χ1) is 10.5. The molecule has 0 saturated carbocycles. The Morgan fingerprint density at radius 2 is 2.09 bits per heavy atom. The summed E-state index contributed by atoms with van der Waals surface area (Å²) >= 11 is 7.91. The summed E-state index contributed by atoms with van der Waals surface area (Å²) in [5.41, 5.74) is 1.90. The zero-order chi connectivity index (χ0) is 15.7. The first kappa shape index (κ1) is 15.6. The fourth-order valence-electron chi connectivity index (χ4n) is 1.84. The lowest BCUT2D eigenvalue weighted by Gasteiger charge is -1.99. The number of hydrogen-bond donors (Lipinski definition) is 1. The average molecular weight is 442 g/mol. The lowest BCUT2D eigenvalue weighted by atomic mass is 10.2. The minimum atomic E-state index is -0.180. The van der Waals surface area contributed by atoms with Crippen molar-refractivity contribution in [3.63, 3.8) is 0 Å². The number of para-hydroxylation sites is 1. The van der Waals surface area contributed by atoms with Crippen molar-refractivity contribution in [1.82, 2.24) is 5.32 Å². The highest BCUT2D eigenvalue weighted by Gasteiger charge is 2.24. The Kier molecular flexibility index (Phi) is 4.56. The maximum Gasteiger partial charge on any atom is 0.264 e. The number of carbonyl (C=O) groups is 1. The van der Waals surface area contributed by atoms with Crippen LogP contribution in [0.15, 0.2) is 53.8 Å². The Labute approximate surface area is 148 Å². The van der Waals surface area contributed by atoms with Gasteiger partial charge in [-0.15, -0.1) is 0 Å². The van der Waals surface area contributed by atoms with E-state index in [0.29, 0.717) is 20.5 Å². The van der Waals surface area contributed by atoms with Crippen LogP contribution in [0.3, 0.4) is 0 Å². The molecular formula is C15H10Br2N2O2S. The number of halogens is 2. The van der Waals surface area contributed by atoms with E-state index in [1.54, 1.807) is 12.1 Å². The van der Waals surface area contributed by atoms with Crippen molar-refractivity contribution in [3.05, 3.63) is 55.7 Å². The highest BCUT2D eigenvalue weighted by Crippen LogP contribution is 2.32. The summed E-state index contributed by atoms with van der Waals surface area (Å²) in [7, 11) is 0. The lowest BCUT2D eigenvalue weighted by Crippen LogP contribution is -2.19. The van der Waals surface area contributed by atoms with Gasteiger partial charge < -0.3 is 9.73 Å². The molecule has 3 rings (SSSR count). The van der Waals surface area contributed by atoms with Gasteiger partial charge in [-0.05, 0) is 68.2 Å². The van der Waals surface area contributed by atoms with Crippen LogP contribution in [0, 0.1) is 6.92 Å². The van der Waals surface area contributed by atoms with Crippen molar-refractivity contribution in [2.24, 2.45) is 4.99 Å². The molecule has 1 aliphatic rings. The zero-order valence-electron chi connectivity index (χ0n) is 11.4. The molecule has 4 nitrogen and oxygen atoms in total. The second-order valence-corrected chi connectivity index (χ2v) is 7.14. The number of furan rings is 1.